The first-order valence-corrected chi connectivity index (χ1v) is 9.70. The zero-order chi connectivity index (χ0) is 20.6. The van der Waals surface area contributed by atoms with Crippen LogP contribution in [-0.2, 0) is 4.79 Å². The van der Waals surface area contributed by atoms with Gasteiger partial charge in [0.2, 0.25) is 5.91 Å². The average molecular weight is 396 g/mol. The molecule has 1 aromatic rings. The van der Waals surface area contributed by atoms with Gasteiger partial charge in [-0.3, -0.25) is 9.79 Å². The highest BCUT2D eigenvalue weighted by Crippen LogP contribution is 2.39. The SMILES string of the molecule is CCNC(=NCC1(C(=O)N(C)C)CCCC1)NCCOc1ccc(F)cc1F. The van der Waals surface area contributed by atoms with Gasteiger partial charge < -0.3 is 20.3 Å². The van der Waals surface area contributed by atoms with E-state index in [4.69, 9.17) is 4.74 Å². The van der Waals surface area contributed by atoms with Crippen molar-refractivity contribution < 1.29 is 18.3 Å². The van der Waals surface area contributed by atoms with Gasteiger partial charge in [0, 0.05) is 26.7 Å². The number of carbonyl (C=O) groups is 1. The van der Waals surface area contributed by atoms with Crippen LogP contribution in [0.3, 0.4) is 0 Å². The Hall–Kier alpha value is -2.38. The molecular weight excluding hydrogens is 366 g/mol. The Morgan fingerprint density at radius 2 is 1.96 bits per heavy atom. The van der Waals surface area contributed by atoms with Gasteiger partial charge in [-0.15, -0.1) is 0 Å². The minimum Gasteiger partial charge on any atom is -0.489 e. The molecule has 0 spiro atoms. The van der Waals surface area contributed by atoms with Gasteiger partial charge in [-0.25, -0.2) is 8.78 Å². The van der Waals surface area contributed by atoms with E-state index in [-0.39, 0.29) is 18.3 Å². The molecule has 0 bridgehead atoms. The summed E-state index contributed by atoms with van der Waals surface area (Å²) in [5, 5.41) is 6.27. The molecule has 0 heterocycles. The second-order valence-electron chi connectivity index (χ2n) is 7.23. The topological polar surface area (TPSA) is 66.0 Å². The van der Waals surface area contributed by atoms with Crippen molar-refractivity contribution >= 4 is 11.9 Å². The first-order valence-electron chi connectivity index (χ1n) is 9.70. The number of benzene rings is 1. The second kappa shape index (κ2) is 10.2. The lowest BCUT2D eigenvalue weighted by Crippen LogP contribution is -2.43. The van der Waals surface area contributed by atoms with E-state index in [1.807, 2.05) is 6.92 Å². The fraction of sp³-hybridized carbons (Fsp3) is 0.600. The Kier molecular flexibility index (Phi) is 8.02. The third-order valence-corrected chi connectivity index (χ3v) is 4.85. The molecule has 156 valence electrons. The van der Waals surface area contributed by atoms with Crippen molar-refractivity contribution in [2.45, 2.75) is 32.6 Å². The van der Waals surface area contributed by atoms with Crippen molar-refractivity contribution in [2.24, 2.45) is 10.4 Å². The van der Waals surface area contributed by atoms with E-state index in [1.165, 1.54) is 6.07 Å². The van der Waals surface area contributed by atoms with E-state index in [0.717, 1.165) is 37.8 Å². The fourth-order valence-corrected chi connectivity index (χ4v) is 3.46. The number of amides is 1. The van der Waals surface area contributed by atoms with Crippen LogP contribution in [0.4, 0.5) is 8.78 Å². The van der Waals surface area contributed by atoms with Crippen LogP contribution in [-0.4, -0.2) is 57.1 Å². The van der Waals surface area contributed by atoms with E-state index >= 15 is 0 Å². The molecule has 1 aliphatic rings. The molecular formula is C20H30F2N4O2. The van der Waals surface area contributed by atoms with E-state index in [1.54, 1.807) is 19.0 Å². The molecule has 1 fully saturated rings. The molecule has 28 heavy (non-hydrogen) atoms. The lowest BCUT2D eigenvalue weighted by Gasteiger charge is -2.29. The van der Waals surface area contributed by atoms with Gasteiger partial charge in [0.05, 0.1) is 18.5 Å². The number of guanidine groups is 1. The second-order valence-corrected chi connectivity index (χ2v) is 7.23. The maximum Gasteiger partial charge on any atom is 0.230 e. The van der Waals surface area contributed by atoms with Crippen molar-refractivity contribution in [1.82, 2.24) is 15.5 Å². The van der Waals surface area contributed by atoms with Crippen LogP contribution in [0.25, 0.3) is 0 Å². The number of ether oxygens (including phenoxy) is 1. The predicted molar refractivity (Wildman–Crippen MR) is 105 cm³/mol. The highest BCUT2D eigenvalue weighted by molar-refractivity contribution is 5.84. The molecule has 0 aliphatic heterocycles. The Morgan fingerprint density at radius 1 is 1.25 bits per heavy atom. The summed E-state index contributed by atoms with van der Waals surface area (Å²) in [4.78, 5) is 18.9. The maximum absolute atomic E-state index is 13.6. The standard InChI is InChI=1S/C20H30F2N4O2/c1-4-23-19(24-11-12-28-17-8-7-15(21)13-16(17)22)25-14-20(9-5-6-10-20)18(27)26(2)3/h7-8,13H,4-6,9-12,14H2,1-3H3,(H2,23,24,25). The number of halogens is 2. The van der Waals surface area contributed by atoms with Gasteiger partial charge >= 0.3 is 0 Å². The predicted octanol–water partition coefficient (Wildman–Crippen LogP) is 2.55. The maximum atomic E-state index is 13.6. The number of rotatable bonds is 8. The van der Waals surface area contributed by atoms with Gasteiger partial charge in [0.15, 0.2) is 17.5 Å². The van der Waals surface area contributed by atoms with E-state index < -0.39 is 17.0 Å². The van der Waals surface area contributed by atoms with Gasteiger partial charge in [-0.1, -0.05) is 12.8 Å². The molecule has 8 heteroatoms. The first-order chi connectivity index (χ1) is 13.4. The number of carbonyl (C=O) groups excluding carboxylic acids is 1. The molecule has 0 unspecified atom stereocenters. The van der Waals surface area contributed by atoms with Crippen molar-refractivity contribution in [2.75, 3.05) is 40.3 Å². The van der Waals surface area contributed by atoms with E-state index in [2.05, 4.69) is 15.6 Å². The Morgan fingerprint density at radius 3 is 2.57 bits per heavy atom. The normalized spacial score (nSPS) is 16.0. The third-order valence-electron chi connectivity index (χ3n) is 4.85. The average Bonchev–Trinajstić information content (AvgIpc) is 3.14. The minimum atomic E-state index is -0.731. The summed E-state index contributed by atoms with van der Waals surface area (Å²) in [6.07, 6.45) is 3.77. The number of aliphatic imine (C=N–C) groups is 1. The number of hydrogen-bond donors (Lipinski definition) is 2. The summed E-state index contributed by atoms with van der Waals surface area (Å²) in [5.74, 6) is -0.654. The van der Waals surface area contributed by atoms with Crippen LogP contribution in [0.1, 0.15) is 32.6 Å². The quantitative estimate of drug-likeness (QED) is 0.403. The molecule has 2 N–H and O–H groups in total. The molecule has 2 rings (SSSR count). The van der Waals surface area contributed by atoms with Crippen LogP contribution in [0.5, 0.6) is 5.75 Å². The summed E-state index contributed by atoms with van der Waals surface area (Å²) in [5.41, 5.74) is -0.431. The first kappa shape index (κ1) is 21.9. The van der Waals surface area contributed by atoms with Crippen LogP contribution in [0.2, 0.25) is 0 Å². The highest BCUT2D eigenvalue weighted by atomic mass is 19.1. The van der Waals surface area contributed by atoms with E-state index in [0.29, 0.717) is 25.6 Å². The molecule has 0 atom stereocenters. The van der Waals surface area contributed by atoms with Crippen LogP contribution >= 0.6 is 0 Å². The summed E-state index contributed by atoms with van der Waals surface area (Å²) >= 11 is 0. The van der Waals surface area contributed by atoms with Gasteiger partial charge in [0.25, 0.3) is 0 Å². The largest absolute Gasteiger partial charge is 0.489 e. The van der Waals surface area contributed by atoms with Crippen molar-refractivity contribution in [3.8, 4) is 5.75 Å². The van der Waals surface area contributed by atoms with Crippen LogP contribution in [0, 0.1) is 17.0 Å². The lowest BCUT2D eigenvalue weighted by molar-refractivity contribution is -0.138. The zero-order valence-corrected chi connectivity index (χ0v) is 16.9. The van der Waals surface area contributed by atoms with Crippen molar-refractivity contribution in [1.29, 1.82) is 0 Å². The zero-order valence-electron chi connectivity index (χ0n) is 16.9. The molecule has 1 saturated carbocycles. The smallest absolute Gasteiger partial charge is 0.230 e. The van der Waals surface area contributed by atoms with Crippen molar-refractivity contribution in [3.63, 3.8) is 0 Å². The van der Waals surface area contributed by atoms with E-state index in [9.17, 15) is 13.6 Å². The van der Waals surface area contributed by atoms with Gasteiger partial charge in [-0.2, -0.15) is 0 Å². The van der Waals surface area contributed by atoms with Gasteiger partial charge in [-0.05, 0) is 31.9 Å². The minimum absolute atomic E-state index is 0.00614. The Balaban J connectivity index is 1.91. The Bertz CT molecular complexity index is 689. The fourth-order valence-electron chi connectivity index (χ4n) is 3.46. The molecule has 0 aromatic heterocycles. The summed E-state index contributed by atoms with van der Waals surface area (Å²) in [6.45, 7) is 3.63. The molecule has 1 aromatic carbocycles. The monoisotopic (exact) mass is 396 g/mol. The molecule has 1 amide bonds. The highest BCUT2D eigenvalue weighted by Gasteiger charge is 2.42. The molecule has 1 aliphatic carbocycles. The van der Waals surface area contributed by atoms with Crippen LogP contribution in [0.15, 0.2) is 23.2 Å². The van der Waals surface area contributed by atoms with Crippen molar-refractivity contribution in [3.05, 3.63) is 29.8 Å². The summed E-state index contributed by atoms with van der Waals surface area (Å²) < 4.78 is 31.8. The molecule has 6 nitrogen and oxygen atoms in total. The molecule has 0 saturated heterocycles. The summed E-state index contributed by atoms with van der Waals surface area (Å²) in [7, 11) is 3.56. The molecule has 0 radical (unpaired) electrons. The third kappa shape index (κ3) is 5.81. The van der Waals surface area contributed by atoms with Gasteiger partial charge in [0.1, 0.15) is 12.4 Å². The number of nitrogens with one attached hydrogen (secondary N) is 2. The van der Waals surface area contributed by atoms with Crippen LogP contribution < -0.4 is 15.4 Å². The summed E-state index contributed by atoms with van der Waals surface area (Å²) in [6, 6.07) is 3.21. The Labute approximate surface area is 165 Å². The number of hydrogen-bond acceptors (Lipinski definition) is 3. The number of nitrogens with zero attached hydrogens (tertiary/aromatic N) is 2. The lowest BCUT2D eigenvalue weighted by atomic mass is 9.85.